The molecule has 1 aromatic carbocycles. The molecular formula is C19H20N4O2S. The zero-order valence-corrected chi connectivity index (χ0v) is 15.2. The van der Waals surface area contributed by atoms with E-state index in [0.29, 0.717) is 29.8 Å². The van der Waals surface area contributed by atoms with E-state index >= 15 is 0 Å². The molecule has 3 fully saturated rings. The van der Waals surface area contributed by atoms with Gasteiger partial charge in [0.05, 0.1) is 28.6 Å². The zero-order chi connectivity index (χ0) is 17.9. The van der Waals surface area contributed by atoms with Gasteiger partial charge in [0.15, 0.2) is 5.82 Å². The lowest BCUT2D eigenvalue weighted by molar-refractivity contribution is 0.0151. The second-order valence-corrected chi connectivity index (χ2v) is 7.70. The normalized spacial score (nSPS) is 24.0. The molecule has 0 saturated carbocycles. The van der Waals surface area contributed by atoms with Gasteiger partial charge in [0, 0.05) is 12.5 Å². The third-order valence-electron chi connectivity index (χ3n) is 5.26. The van der Waals surface area contributed by atoms with Crippen LogP contribution in [0.3, 0.4) is 0 Å². The quantitative estimate of drug-likeness (QED) is 0.892. The molecule has 1 atom stereocenters. The van der Waals surface area contributed by atoms with Gasteiger partial charge >= 0.3 is 6.09 Å². The van der Waals surface area contributed by atoms with Crippen molar-refractivity contribution in [1.29, 1.82) is 5.26 Å². The molecule has 134 valence electrons. The third-order valence-corrected chi connectivity index (χ3v) is 6.14. The monoisotopic (exact) mass is 368 g/mol. The number of nitrogens with one attached hydrogen (secondary N) is 1. The van der Waals surface area contributed by atoms with Gasteiger partial charge in [-0.1, -0.05) is 12.1 Å². The van der Waals surface area contributed by atoms with Crippen molar-refractivity contribution in [1.82, 2.24) is 9.88 Å². The van der Waals surface area contributed by atoms with Crippen LogP contribution in [0.2, 0.25) is 0 Å². The first-order chi connectivity index (χ1) is 12.7. The predicted octanol–water partition coefficient (Wildman–Crippen LogP) is 3.57. The van der Waals surface area contributed by atoms with E-state index in [1.807, 2.05) is 12.1 Å². The Hall–Kier alpha value is -2.43. The Bertz CT molecular complexity index is 836. The molecule has 1 amide bonds. The minimum atomic E-state index is -0.468. The minimum Gasteiger partial charge on any atom is -0.449 e. The van der Waals surface area contributed by atoms with Crippen LogP contribution in [0.1, 0.15) is 18.4 Å². The average Bonchev–Trinajstić information content (AvgIpc) is 3.15. The van der Waals surface area contributed by atoms with Crippen molar-refractivity contribution < 1.29 is 9.53 Å². The molecule has 1 N–H and O–H groups in total. The molecule has 0 aliphatic carbocycles. The number of hydrogen-bond acceptors (Lipinski definition) is 6. The van der Waals surface area contributed by atoms with Gasteiger partial charge in [0.2, 0.25) is 0 Å². The molecule has 7 heteroatoms. The number of hydrogen-bond donors (Lipinski definition) is 1. The molecule has 0 spiro atoms. The lowest BCUT2D eigenvalue weighted by Gasteiger charge is -2.44. The van der Waals surface area contributed by atoms with Gasteiger partial charge in [-0.3, -0.25) is 5.32 Å². The first kappa shape index (κ1) is 17.0. The molecule has 4 heterocycles. The Morgan fingerprint density at radius 1 is 1.42 bits per heavy atom. The van der Waals surface area contributed by atoms with Crippen LogP contribution in [-0.4, -0.2) is 42.2 Å². The highest BCUT2D eigenvalue weighted by Crippen LogP contribution is 2.33. The highest BCUT2D eigenvalue weighted by Gasteiger charge is 2.34. The standard InChI is InChI=1S/C19H20N4O2S/c20-9-13-2-1-3-15(8-13)17-18(21-12-26-17)22-19(24)25-11-16-10-23-6-4-14(16)5-7-23/h1-3,8,12,14,16H,4-7,10-11H2,(H,22,24). The summed E-state index contributed by atoms with van der Waals surface area (Å²) in [5.74, 6) is 1.59. The Labute approximate surface area is 156 Å². The number of rotatable bonds is 4. The fourth-order valence-electron chi connectivity index (χ4n) is 3.86. The molecule has 5 rings (SSSR count). The number of piperidine rings is 3. The van der Waals surface area contributed by atoms with Gasteiger partial charge in [-0.2, -0.15) is 5.26 Å². The van der Waals surface area contributed by atoms with Gasteiger partial charge in [0.25, 0.3) is 0 Å². The Morgan fingerprint density at radius 2 is 2.27 bits per heavy atom. The van der Waals surface area contributed by atoms with Gasteiger partial charge in [-0.05, 0) is 49.5 Å². The lowest BCUT2D eigenvalue weighted by Crippen LogP contribution is -2.49. The van der Waals surface area contributed by atoms with Crippen molar-refractivity contribution >= 4 is 23.2 Å². The molecular weight excluding hydrogens is 348 g/mol. The van der Waals surface area contributed by atoms with Crippen LogP contribution >= 0.6 is 11.3 Å². The molecule has 3 aliphatic heterocycles. The van der Waals surface area contributed by atoms with Gasteiger partial charge in [-0.15, -0.1) is 11.3 Å². The molecule has 2 aromatic rings. The number of anilines is 1. The highest BCUT2D eigenvalue weighted by molar-refractivity contribution is 7.13. The van der Waals surface area contributed by atoms with Gasteiger partial charge in [-0.25, -0.2) is 9.78 Å². The summed E-state index contributed by atoms with van der Waals surface area (Å²) in [5.41, 5.74) is 3.11. The summed E-state index contributed by atoms with van der Waals surface area (Å²) in [7, 11) is 0. The summed E-state index contributed by atoms with van der Waals surface area (Å²) in [6.07, 6.45) is 1.95. The number of carbonyl (C=O) groups excluding carboxylic acids is 1. The summed E-state index contributed by atoms with van der Waals surface area (Å²) in [6.45, 7) is 3.84. The SMILES string of the molecule is N#Cc1cccc(-c2scnc2NC(=O)OCC2CN3CCC2CC3)c1. The summed E-state index contributed by atoms with van der Waals surface area (Å²) in [4.78, 5) is 19.7. The number of aromatic nitrogens is 1. The van der Waals surface area contributed by atoms with Crippen LogP contribution < -0.4 is 5.32 Å². The fraction of sp³-hybridized carbons (Fsp3) is 0.421. The molecule has 1 unspecified atom stereocenters. The summed E-state index contributed by atoms with van der Waals surface area (Å²) in [6, 6.07) is 9.39. The first-order valence-electron chi connectivity index (χ1n) is 8.83. The van der Waals surface area contributed by atoms with Crippen LogP contribution in [0.4, 0.5) is 10.6 Å². The van der Waals surface area contributed by atoms with Gasteiger partial charge < -0.3 is 9.64 Å². The molecule has 3 saturated heterocycles. The second kappa shape index (κ2) is 7.44. The number of amides is 1. The van der Waals surface area contributed by atoms with Crippen molar-refractivity contribution in [2.45, 2.75) is 12.8 Å². The number of ether oxygens (including phenoxy) is 1. The van der Waals surface area contributed by atoms with Crippen LogP contribution in [0.15, 0.2) is 29.8 Å². The Morgan fingerprint density at radius 3 is 3.00 bits per heavy atom. The predicted molar refractivity (Wildman–Crippen MR) is 99.9 cm³/mol. The third kappa shape index (κ3) is 3.57. The molecule has 6 nitrogen and oxygen atoms in total. The Balaban J connectivity index is 1.38. The minimum absolute atomic E-state index is 0.436. The molecule has 0 radical (unpaired) electrons. The maximum atomic E-state index is 12.2. The van der Waals surface area contributed by atoms with Crippen molar-refractivity contribution in [3.05, 3.63) is 35.3 Å². The molecule has 1 aromatic heterocycles. The summed E-state index contributed by atoms with van der Waals surface area (Å²) < 4.78 is 5.48. The topological polar surface area (TPSA) is 78.2 Å². The Kier molecular flexibility index (Phi) is 4.87. The van der Waals surface area contributed by atoms with Crippen LogP contribution in [0.25, 0.3) is 10.4 Å². The van der Waals surface area contributed by atoms with E-state index < -0.39 is 6.09 Å². The molecule has 3 aliphatic rings. The van der Waals surface area contributed by atoms with Crippen LogP contribution in [0.5, 0.6) is 0 Å². The van der Waals surface area contributed by atoms with Crippen molar-refractivity contribution in [3.63, 3.8) is 0 Å². The second-order valence-electron chi connectivity index (χ2n) is 6.84. The van der Waals surface area contributed by atoms with E-state index in [9.17, 15) is 4.79 Å². The van der Waals surface area contributed by atoms with E-state index in [4.69, 9.17) is 10.00 Å². The molecule has 26 heavy (non-hydrogen) atoms. The number of carbonyl (C=O) groups is 1. The van der Waals surface area contributed by atoms with Crippen LogP contribution in [0, 0.1) is 23.2 Å². The van der Waals surface area contributed by atoms with E-state index in [0.717, 1.165) is 17.0 Å². The number of fused-ring (bicyclic) bond motifs is 3. The smallest absolute Gasteiger partial charge is 0.412 e. The number of nitriles is 1. The van der Waals surface area contributed by atoms with E-state index in [1.165, 1.54) is 37.3 Å². The lowest BCUT2D eigenvalue weighted by atomic mass is 9.79. The number of thiazole rings is 1. The highest BCUT2D eigenvalue weighted by atomic mass is 32.1. The summed E-state index contributed by atoms with van der Waals surface area (Å²) >= 11 is 1.42. The van der Waals surface area contributed by atoms with Crippen molar-refractivity contribution in [3.8, 4) is 16.5 Å². The first-order valence-corrected chi connectivity index (χ1v) is 9.71. The molecule has 2 bridgehead atoms. The zero-order valence-electron chi connectivity index (χ0n) is 14.4. The van der Waals surface area contributed by atoms with E-state index in [1.54, 1.807) is 17.6 Å². The maximum Gasteiger partial charge on any atom is 0.412 e. The average molecular weight is 368 g/mol. The van der Waals surface area contributed by atoms with E-state index in [2.05, 4.69) is 21.3 Å². The van der Waals surface area contributed by atoms with E-state index in [-0.39, 0.29) is 0 Å². The maximum absolute atomic E-state index is 12.2. The van der Waals surface area contributed by atoms with Crippen molar-refractivity contribution in [2.75, 3.05) is 31.6 Å². The number of benzene rings is 1. The fourth-order valence-corrected chi connectivity index (χ4v) is 4.60. The number of nitrogens with zero attached hydrogens (tertiary/aromatic N) is 3. The summed E-state index contributed by atoms with van der Waals surface area (Å²) in [5, 5.41) is 11.8. The van der Waals surface area contributed by atoms with Crippen LogP contribution in [-0.2, 0) is 4.74 Å². The van der Waals surface area contributed by atoms with Crippen molar-refractivity contribution in [2.24, 2.45) is 11.8 Å². The largest absolute Gasteiger partial charge is 0.449 e. The van der Waals surface area contributed by atoms with Gasteiger partial charge in [0.1, 0.15) is 0 Å².